The Balaban J connectivity index is 1.44. The van der Waals surface area contributed by atoms with E-state index in [2.05, 4.69) is 23.4 Å². The number of likely N-dealkylation sites (tertiary alicyclic amines) is 1. The van der Waals surface area contributed by atoms with E-state index < -0.39 is 53.5 Å². The lowest BCUT2D eigenvalue weighted by Gasteiger charge is -2.40. The van der Waals surface area contributed by atoms with Crippen molar-refractivity contribution in [3.05, 3.63) is 61.2 Å². The van der Waals surface area contributed by atoms with Crippen LogP contribution >= 0.6 is 0 Å². The third kappa shape index (κ3) is 7.98. The molecule has 274 valence electrons. The number of carbonyl (C=O) groups excluding carboxylic acids is 4. The number of nitrogens with one attached hydrogen (secondary N) is 1. The molecule has 3 amide bonds. The number of hydrogen-bond donors (Lipinski definition) is 2. The third-order valence-corrected chi connectivity index (χ3v) is 10.6. The zero-order valence-corrected chi connectivity index (χ0v) is 29.5. The number of aliphatic hydroxyl groups excluding tert-OH is 1. The zero-order valence-electron chi connectivity index (χ0n) is 29.5. The number of aliphatic hydroxyl groups is 1. The van der Waals surface area contributed by atoms with Crippen molar-refractivity contribution >= 4 is 23.7 Å². The van der Waals surface area contributed by atoms with Gasteiger partial charge in [-0.25, -0.2) is 0 Å². The summed E-state index contributed by atoms with van der Waals surface area (Å²) >= 11 is 0. The van der Waals surface area contributed by atoms with Crippen molar-refractivity contribution in [1.29, 1.82) is 0 Å². The molecule has 4 aliphatic heterocycles. The van der Waals surface area contributed by atoms with Gasteiger partial charge in [0.15, 0.2) is 0 Å². The lowest BCUT2D eigenvalue weighted by Crippen LogP contribution is -2.59. The van der Waals surface area contributed by atoms with Crippen molar-refractivity contribution in [3.63, 3.8) is 0 Å². The number of amides is 3. The lowest BCUT2D eigenvalue weighted by molar-refractivity contribution is -0.151. The van der Waals surface area contributed by atoms with Crippen LogP contribution < -0.4 is 5.32 Å². The van der Waals surface area contributed by atoms with Crippen molar-refractivity contribution < 1.29 is 38.5 Å². The van der Waals surface area contributed by atoms with Gasteiger partial charge in [0, 0.05) is 39.1 Å². The number of benzene rings is 1. The minimum absolute atomic E-state index is 0.0817. The quantitative estimate of drug-likeness (QED) is 0.175. The van der Waals surface area contributed by atoms with Crippen molar-refractivity contribution in [2.24, 2.45) is 17.8 Å². The van der Waals surface area contributed by atoms with Gasteiger partial charge in [-0.2, -0.15) is 0 Å². The standard InChI is InChI=1S/C38H54N4O8/c1-5-7-13-31(44)49-25-29(27-11-9-8-10-12-27)39-35(45)32-30-14-15-38(50-30)33(32)36(46)42(28(24-43)23-26(3)4)34(38)37(47)41(16-6-2)18-17-40-19-21-48-22-20-40/h5-6,8-12,26,28-30,32-34,43H,1-2,7,13-25H2,3-4H3,(H,39,45)/t28-,29+,30+,32-,33-,34+,38-/m1/s1. The van der Waals surface area contributed by atoms with E-state index >= 15 is 0 Å². The van der Waals surface area contributed by atoms with Crippen molar-refractivity contribution in [1.82, 2.24) is 20.0 Å². The first-order valence-corrected chi connectivity index (χ1v) is 18.1. The highest BCUT2D eigenvalue weighted by atomic mass is 16.5. The summed E-state index contributed by atoms with van der Waals surface area (Å²) < 4.78 is 17.8. The first-order valence-electron chi connectivity index (χ1n) is 18.1. The molecular formula is C38H54N4O8. The summed E-state index contributed by atoms with van der Waals surface area (Å²) in [5, 5.41) is 13.7. The molecule has 1 aromatic carbocycles. The smallest absolute Gasteiger partial charge is 0.306 e. The molecule has 1 aromatic rings. The molecule has 4 saturated heterocycles. The van der Waals surface area contributed by atoms with Crippen LogP contribution in [0, 0.1) is 17.8 Å². The molecule has 2 bridgehead atoms. The number of nitrogens with zero attached hydrogens (tertiary/aromatic N) is 3. The van der Waals surface area contributed by atoms with Gasteiger partial charge < -0.3 is 34.4 Å². The minimum Gasteiger partial charge on any atom is -0.463 e. The van der Waals surface area contributed by atoms with E-state index in [-0.39, 0.29) is 43.9 Å². The molecule has 4 aliphatic rings. The van der Waals surface area contributed by atoms with Gasteiger partial charge in [-0.3, -0.25) is 24.1 Å². The SMILES string of the molecule is C=CCCC(=O)OC[C@H](NC(=O)[C@@H]1[C@@H]2CC[C@]3(O2)[C@H](C(=O)N(CC=C)CCN2CCOCC2)N([C@@H](CO)CC(C)C)C(=O)[C@@H]13)c1ccccc1. The highest BCUT2D eigenvalue weighted by Crippen LogP contribution is 2.59. The maximum Gasteiger partial charge on any atom is 0.306 e. The molecule has 0 radical (unpaired) electrons. The lowest BCUT2D eigenvalue weighted by atomic mass is 9.70. The zero-order chi connectivity index (χ0) is 35.8. The summed E-state index contributed by atoms with van der Waals surface area (Å²) in [6.45, 7) is 15.4. The van der Waals surface area contributed by atoms with E-state index in [1.54, 1.807) is 22.0 Å². The summed E-state index contributed by atoms with van der Waals surface area (Å²) in [5.74, 6) is -3.03. The van der Waals surface area contributed by atoms with Crippen LogP contribution in [0.4, 0.5) is 0 Å². The minimum atomic E-state index is -1.22. The van der Waals surface area contributed by atoms with Crippen LogP contribution in [-0.4, -0.2) is 126 Å². The molecule has 1 spiro atoms. The van der Waals surface area contributed by atoms with Gasteiger partial charge in [0.1, 0.15) is 18.2 Å². The molecule has 0 aliphatic carbocycles. The summed E-state index contributed by atoms with van der Waals surface area (Å²) in [6, 6.07) is 6.96. The van der Waals surface area contributed by atoms with Gasteiger partial charge in [-0.15, -0.1) is 13.2 Å². The fourth-order valence-corrected chi connectivity index (χ4v) is 8.23. The average Bonchev–Trinajstić information content (AvgIpc) is 3.77. The van der Waals surface area contributed by atoms with Crippen LogP contribution in [0.1, 0.15) is 57.6 Å². The number of allylic oxidation sites excluding steroid dienone is 1. The Labute approximate surface area is 295 Å². The highest BCUT2D eigenvalue weighted by Gasteiger charge is 2.75. The largest absolute Gasteiger partial charge is 0.463 e. The molecule has 12 nitrogen and oxygen atoms in total. The molecular weight excluding hydrogens is 640 g/mol. The Kier molecular flexibility index (Phi) is 12.9. The van der Waals surface area contributed by atoms with Gasteiger partial charge in [-0.05, 0) is 37.2 Å². The molecule has 5 rings (SSSR count). The Bertz CT molecular complexity index is 1370. The normalized spacial score (nSPS) is 27.1. The monoisotopic (exact) mass is 694 g/mol. The first kappa shape index (κ1) is 37.7. The van der Waals surface area contributed by atoms with E-state index in [0.29, 0.717) is 52.0 Å². The van der Waals surface area contributed by atoms with E-state index in [0.717, 1.165) is 18.7 Å². The Morgan fingerprint density at radius 2 is 1.90 bits per heavy atom. The van der Waals surface area contributed by atoms with E-state index in [1.165, 1.54) is 0 Å². The molecule has 2 N–H and O–H groups in total. The molecule has 0 unspecified atom stereocenters. The second kappa shape index (κ2) is 17.1. The molecule has 12 heteroatoms. The van der Waals surface area contributed by atoms with Crippen molar-refractivity contribution in [2.75, 3.05) is 59.2 Å². The summed E-state index contributed by atoms with van der Waals surface area (Å²) in [7, 11) is 0. The number of ether oxygens (including phenoxy) is 3. The number of morpholine rings is 1. The van der Waals surface area contributed by atoms with E-state index in [1.807, 2.05) is 44.2 Å². The van der Waals surface area contributed by atoms with Gasteiger partial charge in [-0.1, -0.05) is 56.3 Å². The van der Waals surface area contributed by atoms with Crippen molar-refractivity contribution in [3.8, 4) is 0 Å². The molecule has 0 saturated carbocycles. The van der Waals surface area contributed by atoms with Crippen LogP contribution in [0.2, 0.25) is 0 Å². The number of hydrogen-bond acceptors (Lipinski definition) is 9. The summed E-state index contributed by atoms with van der Waals surface area (Å²) in [4.78, 5) is 61.8. The molecule has 4 heterocycles. The van der Waals surface area contributed by atoms with Crippen molar-refractivity contribution in [2.45, 2.75) is 75.8 Å². The summed E-state index contributed by atoms with van der Waals surface area (Å²) in [6.07, 6.45) is 4.86. The van der Waals surface area contributed by atoms with Gasteiger partial charge in [0.05, 0.1) is 49.8 Å². The van der Waals surface area contributed by atoms with Crippen LogP contribution in [0.3, 0.4) is 0 Å². The van der Waals surface area contributed by atoms with Gasteiger partial charge in [0.2, 0.25) is 17.7 Å². The highest BCUT2D eigenvalue weighted by molar-refractivity contribution is 5.99. The first-order chi connectivity index (χ1) is 24.1. The summed E-state index contributed by atoms with van der Waals surface area (Å²) in [5.41, 5.74) is -0.468. The number of esters is 1. The van der Waals surface area contributed by atoms with Crippen LogP contribution in [0.25, 0.3) is 0 Å². The second-order valence-corrected chi connectivity index (χ2v) is 14.3. The fourth-order valence-electron chi connectivity index (χ4n) is 8.23. The van der Waals surface area contributed by atoms with Crippen LogP contribution in [0.15, 0.2) is 55.6 Å². The maximum absolute atomic E-state index is 14.8. The Morgan fingerprint density at radius 1 is 1.16 bits per heavy atom. The number of carbonyl (C=O) groups is 4. The van der Waals surface area contributed by atoms with Gasteiger partial charge >= 0.3 is 5.97 Å². The molecule has 7 atom stereocenters. The van der Waals surface area contributed by atoms with Crippen LogP contribution in [-0.2, 0) is 33.4 Å². The predicted molar refractivity (Wildman–Crippen MR) is 187 cm³/mol. The molecule has 4 fully saturated rings. The molecule has 0 aromatic heterocycles. The second-order valence-electron chi connectivity index (χ2n) is 14.3. The maximum atomic E-state index is 14.8. The van der Waals surface area contributed by atoms with E-state index in [4.69, 9.17) is 14.2 Å². The number of rotatable bonds is 18. The fraction of sp³-hybridized carbons (Fsp3) is 0.632. The Morgan fingerprint density at radius 3 is 2.56 bits per heavy atom. The topological polar surface area (TPSA) is 138 Å². The third-order valence-electron chi connectivity index (χ3n) is 10.6. The molecule has 50 heavy (non-hydrogen) atoms. The Hall–Kier alpha value is -3.58. The average molecular weight is 695 g/mol. The van der Waals surface area contributed by atoms with E-state index in [9.17, 15) is 24.3 Å². The number of fused-ring (bicyclic) bond motifs is 1. The van der Waals surface area contributed by atoms with Gasteiger partial charge in [0.25, 0.3) is 0 Å². The van der Waals surface area contributed by atoms with Crippen LogP contribution in [0.5, 0.6) is 0 Å². The predicted octanol–water partition coefficient (Wildman–Crippen LogP) is 2.48.